The van der Waals surface area contributed by atoms with Crippen LogP contribution in [0.5, 0.6) is 0 Å². The summed E-state index contributed by atoms with van der Waals surface area (Å²) in [4.78, 5) is 18.6. The SMILES string of the molecule is CCc1c(Cc2c[nH]c3ccccc23)[nH]c(=O)c(CC(C)C)[n+]1[O-]. The molecule has 0 radical (unpaired) electrons. The summed E-state index contributed by atoms with van der Waals surface area (Å²) in [7, 11) is 0. The fraction of sp³-hybridized carbons (Fsp3) is 0.368. The summed E-state index contributed by atoms with van der Waals surface area (Å²) in [6, 6.07) is 8.03. The predicted octanol–water partition coefficient (Wildman–Crippen LogP) is 2.84. The highest BCUT2D eigenvalue weighted by Crippen LogP contribution is 2.20. The number of fused-ring (bicyclic) bond motifs is 1. The molecule has 24 heavy (non-hydrogen) atoms. The Bertz CT molecular complexity index is 922. The number of nitrogens with one attached hydrogen (secondary N) is 2. The lowest BCUT2D eigenvalue weighted by Crippen LogP contribution is -2.45. The van der Waals surface area contributed by atoms with Gasteiger partial charge in [-0.3, -0.25) is 4.79 Å². The molecule has 0 bridgehead atoms. The van der Waals surface area contributed by atoms with Crippen LogP contribution in [0, 0.1) is 11.1 Å². The first-order valence-corrected chi connectivity index (χ1v) is 8.42. The molecule has 2 N–H and O–H groups in total. The molecular weight excluding hydrogens is 302 g/mol. The second-order valence-electron chi connectivity index (χ2n) is 6.61. The number of aromatic nitrogens is 3. The fourth-order valence-electron chi connectivity index (χ4n) is 3.19. The van der Waals surface area contributed by atoms with Gasteiger partial charge in [-0.1, -0.05) is 39.0 Å². The van der Waals surface area contributed by atoms with Crippen LogP contribution < -0.4 is 10.3 Å². The van der Waals surface area contributed by atoms with Gasteiger partial charge in [-0.05, 0) is 17.5 Å². The zero-order valence-corrected chi connectivity index (χ0v) is 14.3. The van der Waals surface area contributed by atoms with Gasteiger partial charge in [0.15, 0.2) is 0 Å². The Morgan fingerprint density at radius 2 is 1.96 bits per heavy atom. The largest absolute Gasteiger partial charge is 0.618 e. The molecule has 0 unspecified atom stereocenters. The van der Waals surface area contributed by atoms with Crippen LogP contribution in [0.1, 0.15) is 43.4 Å². The van der Waals surface area contributed by atoms with Crippen LogP contribution in [-0.4, -0.2) is 9.97 Å². The van der Waals surface area contributed by atoms with Crippen LogP contribution in [0.2, 0.25) is 0 Å². The van der Waals surface area contributed by atoms with Crippen molar-refractivity contribution in [2.75, 3.05) is 0 Å². The standard InChI is InChI=1S/C19H23N3O2/c1-4-17-16(21-19(23)18(22(17)24)9-12(2)3)10-13-11-20-15-8-6-5-7-14(13)15/h5-8,11-12,20H,4,9-10H2,1-3H3,(H,21,23). The van der Waals surface area contributed by atoms with Crippen LogP contribution >= 0.6 is 0 Å². The van der Waals surface area contributed by atoms with Gasteiger partial charge in [-0.25, -0.2) is 0 Å². The van der Waals surface area contributed by atoms with Crippen molar-refractivity contribution in [3.63, 3.8) is 0 Å². The zero-order valence-electron chi connectivity index (χ0n) is 14.3. The highest BCUT2D eigenvalue weighted by atomic mass is 16.5. The molecule has 3 aromatic rings. The molecule has 1 aromatic carbocycles. The van der Waals surface area contributed by atoms with Crippen molar-refractivity contribution in [3.05, 3.63) is 68.7 Å². The van der Waals surface area contributed by atoms with E-state index in [9.17, 15) is 10.0 Å². The third kappa shape index (κ3) is 2.94. The van der Waals surface area contributed by atoms with Crippen molar-refractivity contribution in [3.8, 4) is 0 Å². The Kier molecular flexibility index (Phi) is 4.42. The summed E-state index contributed by atoms with van der Waals surface area (Å²) in [5.41, 5.74) is 3.52. The molecule has 126 valence electrons. The molecular formula is C19H23N3O2. The second kappa shape index (κ2) is 6.51. The first kappa shape index (κ1) is 16.3. The van der Waals surface area contributed by atoms with Gasteiger partial charge in [0.25, 0.3) is 5.69 Å². The van der Waals surface area contributed by atoms with E-state index in [1.807, 2.05) is 51.2 Å². The van der Waals surface area contributed by atoms with Crippen LogP contribution in [0.3, 0.4) is 0 Å². The lowest BCUT2D eigenvalue weighted by Gasteiger charge is -2.13. The van der Waals surface area contributed by atoms with Gasteiger partial charge in [0.2, 0.25) is 5.69 Å². The molecule has 0 aliphatic carbocycles. The number of rotatable bonds is 5. The van der Waals surface area contributed by atoms with E-state index in [-0.39, 0.29) is 11.5 Å². The van der Waals surface area contributed by atoms with Gasteiger partial charge in [-0.15, -0.1) is 0 Å². The highest BCUT2D eigenvalue weighted by molar-refractivity contribution is 5.83. The summed E-state index contributed by atoms with van der Waals surface area (Å²) >= 11 is 0. The Labute approximate surface area is 140 Å². The molecule has 0 amide bonds. The Morgan fingerprint density at radius 1 is 1.21 bits per heavy atom. The van der Waals surface area contributed by atoms with E-state index >= 15 is 0 Å². The van der Waals surface area contributed by atoms with Gasteiger partial charge >= 0.3 is 5.56 Å². The monoisotopic (exact) mass is 325 g/mol. The average Bonchev–Trinajstić information content (AvgIpc) is 2.95. The van der Waals surface area contributed by atoms with E-state index < -0.39 is 0 Å². The second-order valence-corrected chi connectivity index (χ2v) is 6.61. The lowest BCUT2D eigenvalue weighted by molar-refractivity contribution is -0.624. The summed E-state index contributed by atoms with van der Waals surface area (Å²) in [6.07, 6.45) is 3.55. The molecule has 0 aliphatic rings. The maximum atomic E-state index is 12.7. The molecule has 0 saturated carbocycles. The third-order valence-electron chi connectivity index (χ3n) is 4.34. The van der Waals surface area contributed by atoms with Gasteiger partial charge in [0.05, 0.1) is 5.69 Å². The van der Waals surface area contributed by atoms with E-state index in [0.717, 1.165) is 21.2 Å². The van der Waals surface area contributed by atoms with Crippen LogP contribution in [-0.2, 0) is 19.3 Å². The van der Waals surface area contributed by atoms with E-state index in [1.165, 1.54) is 0 Å². The molecule has 2 heterocycles. The minimum atomic E-state index is -0.272. The molecule has 0 saturated heterocycles. The first-order chi connectivity index (χ1) is 11.5. The minimum absolute atomic E-state index is 0.260. The van der Waals surface area contributed by atoms with Crippen molar-refractivity contribution < 1.29 is 4.73 Å². The maximum absolute atomic E-state index is 12.7. The van der Waals surface area contributed by atoms with Crippen LogP contribution in [0.25, 0.3) is 10.9 Å². The van der Waals surface area contributed by atoms with Crippen LogP contribution in [0.15, 0.2) is 35.3 Å². The topological polar surface area (TPSA) is 75.6 Å². The molecule has 5 nitrogen and oxygen atoms in total. The van der Waals surface area contributed by atoms with E-state index in [2.05, 4.69) is 9.97 Å². The van der Waals surface area contributed by atoms with Gasteiger partial charge in [0.1, 0.15) is 0 Å². The zero-order chi connectivity index (χ0) is 17.3. The van der Waals surface area contributed by atoms with E-state index in [4.69, 9.17) is 0 Å². The molecule has 0 atom stereocenters. The third-order valence-corrected chi connectivity index (χ3v) is 4.34. The molecule has 0 fully saturated rings. The number of aromatic amines is 2. The number of benzene rings is 1. The number of hydrogen-bond donors (Lipinski definition) is 2. The summed E-state index contributed by atoms with van der Waals surface area (Å²) in [6.45, 7) is 5.95. The molecule has 3 rings (SSSR count). The smallest absolute Gasteiger partial charge is 0.317 e. The number of H-pyrrole nitrogens is 2. The van der Waals surface area contributed by atoms with E-state index in [1.54, 1.807) is 0 Å². The minimum Gasteiger partial charge on any atom is -0.618 e. The van der Waals surface area contributed by atoms with Gasteiger partial charge in [0, 0.05) is 36.4 Å². The van der Waals surface area contributed by atoms with Crippen LogP contribution in [0.4, 0.5) is 0 Å². The molecule has 5 heteroatoms. The highest BCUT2D eigenvalue weighted by Gasteiger charge is 2.22. The predicted molar refractivity (Wildman–Crippen MR) is 95.0 cm³/mol. The molecule has 2 aromatic heterocycles. The Balaban J connectivity index is 2.06. The molecule has 0 aliphatic heterocycles. The average molecular weight is 325 g/mol. The summed E-state index contributed by atoms with van der Waals surface area (Å²) in [5, 5.41) is 13.8. The lowest BCUT2D eigenvalue weighted by atomic mass is 10.0. The number of nitrogens with zero attached hydrogens (tertiary/aromatic N) is 1. The maximum Gasteiger partial charge on any atom is 0.317 e. The summed E-state index contributed by atoms with van der Waals surface area (Å²) < 4.78 is 0.850. The quantitative estimate of drug-likeness (QED) is 0.559. The first-order valence-electron chi connectivity index (χ1n) is 8.42. The van der Waals surface area contributed by atoms with Gasteiger partial charge in [-0.2, -0.15) is 4.73 Å². The fourth-order valence-corrected chi connectivity index (χ4v) is 3.19. The van der Waals surface area contributed by atoms with Crippen molar-refractivity contribution in [2.24, 2.45) is 5.92 Å². The van der Waals surface area contributed by atoms with Crippen molar-refractivity contribution >= 4 is 10.9 Å². The van der Waals surface area contributed by atoms with Crippen molar-refractivity contribution in [2.45, 2.75) is 40.0 Å². The van der Waals surface area contributed by atoms with Crippen molar-refractivity contribution in [1.29, 1.82) is 0 Å². The normalized spacial score (nSPS) is 11.5. The Hall–Kier alpha value is -2.56. The van der Waals surface area contributed by atoms with Crippen molar-refractivity contribution in [1.82, 2.24) is 9.97 Å². The number of hydrogen-bond acceptors (Lipinski definition) is 2. The molecule has 0 spiro atoms. The Morgan fingerprint density at radius 3 is 2.67 bits per heavy atom. The van der Waals surface area contributed by atoms with E-state index in [0.29, 0.717) is 36.3 Å². The van der Waals surface area contributed by atoms with Gasteiger partial charge < -0.3 is 15.2 Å². The number of para-hydroxylation sites is 1. The summed E-state index contributed by atoms with van der Waals surface area (Å²) in [5.74, 6) is 0.260.